The van der Waals surface area contributed by atoms with Crippen molar-refractivity contribution in [2.45, 2.75) is 439 Å². The predicted octanol–water partition coefficient (Wildman–Crippen LogP) is 23.9. The molecule has 99 heavy (non-hydrogen) atoms. The molecule has 0 aromatic heterocycles. The summed E-state index contributed by atoms with van der Waals surface area (Å²) in [7, 11) is -9.91. The predicted molar refractivity (Wildman–Crippen MR) is 405 cm³/mol. The quantitative estimate of drug-likeness (QED) is 0.0222. The average Bonchev–Trinajstić information content (AvgIpc) is 2.64. The van der Waals surface area contributed by atoms with Crippen LogP contribution in [0.4, 0.5) is 0 Å². The van der Waals surface area contributed by atoms with E-state index in [1.54, 1.807) is 0 Å². The van der Waals surface area contributed by atoms with Gasteiger partial charge in [-0.15, -0.1) is 0 Å². The van der Waals surface area contributed by atoms with Crippen LogP contribution in [0, 0.1) is 11.8 Å². The second-order valence-corrected chi connectivity index (χ2v) is 32.7. The molecular formula is C80H156O17P2. The number of aliphatic hydroxyl groups excluding tert-OH is 1. The van der Waals surface area contributed by atoms with Crippen LogP contribution in [0.15, 0.2) is 0 Å². The highest BCUT2D eigenvalue weighted by atomic mass is 31.2. The van der Waals surface area contributed by atoms with Crippen LogP contribution in [0.2, 0.25) is 0 Å². The zero-order valence-corrected chi connectivity index (χ0v) is 66.6. The van der Waals surface area contributed by atoms with E-state index in [1.807, 2.05) is 0 Å². The third-order valence-electron chi connectivity index (χ3n) is 18.7. The van der Waals surface area contributed by atoms with Crippen molar-refractivity contribution >= 4 is 39.5 Å². The third-order valence-corrected chi connectivity index (χ3v) is 20.6. The van der Waals surface area contributed by atoms with Gasteiger partial charge in [-0.05, 0) is 37.5 Å². The standard InChI is InChI=1S/C80H156O17P2/c1-7-9-11-13-15-16-17-18-19-20-24-27-30-33-39-45-51-57-63-78(83)91-69-76(97-79(84)64-58-52-46-40-34-31-28-25-22-21-23-26-29-32-37-43-48-54-60-72(3)4)71-95-99(88,89)93-67-74(81)66-92-98(86,87)94-70-75(68-90-77(82)62-56-50-42-14-12-10-8-2)96-80(85)65-59-53-47-41-36-35-38-44-49-55-61-73(5)6/h72-76,81H,7-71H2,1-6H3,(H,86,87)(H,88,89)/t74-,75+,76+/m0/s1. The Bertz CT molecular complexity index is 1910. The molecule has 19 heteroatoms. The van der Waals surface area contributed by atoms with Crippen LogP contribution in [0.1, 0.15) is 420 Å². The van der Waals surface area contributed by atoms with Crippen LogP contribution in [0.3, 0.4) is 0 Å². The molecule has 0 rings (SSSR count). The minimum Gasteiger partial charge on any atom is -0.462 e. The van der Waals surface area contributed by atoms with Gasteiger partial charge in [-0.3, -0.25) is 37.3 Å². The maximum atomic E-state index is 13.1. The highest BCUT2D eigenvalue weighted by Crippen LogP contribution is 2.45. The van der Waals surface area contributed by atoms with Gasteiger partial charge in [0.1, 0.15) is 19.3 Å². The lowest BCUT2D eigenvalue weighted by atomic mass is 10.0. The van der Waals surface area contributed by atoms with Gasteiger partial charge >= 0.3 is 39.5 Å². The fourth-order valence-electron chi connectivity index (χ4n) is 12.4. The summed E-state index contributed by atoms with van der Waals surface area (Å²) < 4.78 is 68.5. The van der Waals surface area contributed by atoms with E-state index in [2.05, 4.69) is 41.5 Å². The maximum Gasteiger partial charge on any atom is 0.472 e. The van der Waals surface area contributed by atoms with E-state index >= 15 is 0 Å². The monoisotopic (exact) mass is 1450 g/mol. The molecule has 0 heterocycles. The summed E-state index contributed by atoms with van der Waals surface area (Å²) >= 11 is 0. The highest BCUT2D eigenvalue weighted by molar-refractivity contribution is 7.47. The Morgan fingerprint density at radius 2 is 0.465 bits per heavy atom. The topological polar surface area (TPSA) is 237 Å². The number of phosphoric ester groups is 2. The number of rotatable bonds is 79. The number of carbonyl (C=O) groups is 4. The SMILES string of the molecule is CCCCCCCCCCCCCCCCCCCCC(=O)OC[C@H](COP(=O)(O)OC[C@@H](O)COP(=O)(O)OC[C@@H](COC(=O)CCCCCCCCC)OC(=O)CCCCCCCCCCCCC(C)C)OC(=O)CCCCCCCCCCCCCCCCCCCCC(C)C. The molecule has 2 unspecified atom stereocenters. The second kappa shape index (κ2) is 71.7. The van der Waals surface area contributed by atoms with Crippen LogP contribution in [0.5, 0.6) is 0 Å². The Morgan fingerprint density at radius 3 is 0.687 bits per heavy atom. The van der Waals surface area contributed by atoms with Crippen molar-refractivity contribution in [2.75, 3.05) is 39.6 Å². The number of hydrogen-bond acceptors (Lipinski definition) is 15. The van der Waals surface area contributed by atoms with Gasteiger partial charge in [0.05, 0.1) is 26.4 Å². The van der Waals surface area contributed by atoms with Crippen molar-refractivity contribution in [1.82, 2.24) is 0 Å². The first-order valence-electron chi connectivity index (χ1n) is 41.5. The zero-order chi connectivity index (χ0) is 72.8. The minimum absolute atomic E-state index is 0.106. The molecule has 0 saturated carbocycles. The van der Waals surface area contributed by atoms with Crippen LogP contribution < -0.4 is 0 Å². The summed E-state index contributed by atoms with van der Waals surface area (Å²) in [5, 5.41) is 10.6. The van der Waals surface area contributed by atoms with Crippen LogP contribution in [-0.2, 0) is 65.4 Å². The third kappa shape index (κ3) is 74.1. The maximum absolute atomic E-state index is 13.1. The van der Waals surface area contributed by atoms with E-state index in [0.29, 0.717) is 25.7 Å². The molecule has 0 aliphatic carbocycles. The van der Waals surface area contributed by atoms with E-state index in [1.165, 1.54) is 225 Å². The normalized spacial score (nSPS) is 13.9. The number of phosphoric acid groups is 2. The van der Waals surface area contributed by atoms with Crippen molar-refractivity contribution < 1.29 is 80.2 Å². The molecule has 0 fully saturated rings. The lowest BCUT2D eigenvalue weighted by Gasteiger charge is -2.21. The summed E-state index contributed by atoms with van der Waals surface area (Å²) in [4.78, 5) is 72.8. The van der Waals surface area contributed by atoms with Gasteiger partial charge < -0.3 is 33.8 Å². The minimum atomic E-state index is -4.96. The number of hydrogen-bond donors (Lipinski definition) is 3. The average molecular weight is 1450 g/mol. The first-order valence-corrected chi connectivity index (χ1v) is 44.5. The van der Waals surface area contributed by atoms with Gasteiger partial charge in [0.15, 0.2) is 12.2 Å². The molecule has 0 radical (unpaired) electrons. The first kappa shape index (κ1) is 97.1. The van der Waals surface area contributed by atoms with Crippen molar-refractivity contribution in [3.05, 3.63) is 0 Å². The molecule has 0 spiro atoms. The van der Waals surface area contributed by atoms with Crippen LogP contribution in [-0.4, -0.2) is 96.7 Å². The van der Waals surface area contributed by atoms with E-state index in [-0.39, 0.29) is 25.7 Å². The summed E-state index contributed by atoms with van der Waals surface area (Å²) in [5.41, 5.74) is 0. The molecule has 0 aliphatic rings. The van der Waals surface area contributed by atoms with E-state index in [4.69, 9.17) is 37.0 Å². The lowest BCUT2D eigenvalue weighted by Crippen LogP contribution is -2.30. The van der Waals surface area contributed by atoms with Gasteiger partial charge in [-0.2, -0.15) is 0 Å². The highest BCUT2D eigenvalue weighted by Gasteiger charge is 2.30. The molecular weight excluding hydrogens is 1290 g/mol. The summed E-state index contributed by atoms with van der Waals surface area (Å²) in [6.07, 6.45) is 61.3. The molecule has 17 nitrogen and oxygen atoms in total. The molecule has 0 bridgehead atoms. The molecule has 3 N–H and O–H groups in total. The van der Waals surface area contributed by atoms with Gasteiger partial charge in [0.25, 0.3) is 0 Å². The molecule has 0 aliphatic heterocycles. The van der Waals surface area contributed by atoms with Crippen molar-refractivity contribution in [1.29, 1.82) is 0 Å². The molecule has 0 saturated heterocycles. The number of aliphatic hydroxyl groups is 1. The van der Waals surface area contributed by atoms with Gasteiger partial charge in [-0.1, -0.05) is 369 Å². The summed E-state index contributed by atoms with van der Waals surface area (Å²) in [6, 6.07) is 0. The fraction of sp³-hybridized carbons (Fsp3) is 0.950. The molecule has 0 aromatic rings. The van der Waals surface area contributed by atoms with Crippen molar-refractivity contribution in [3.63, 3.8) is 0 Å². The van der Waals surface area contributed by atoms with Crippen LogP contribution in [0.25, 0.3) is 0 Å². The zero-order valence-electron chi connectivity index (χ0n) is 64.8. The smallest absolute Gasteiger partial charge is 0.462 e. The number of carbonyl (C=O) groups excluding carboxylic acids is 4. The van der Waals surface area contributed by atoms with Gasteiger partial charge in [0.2, 0.25) is 0 Å². The van der Waals surface area contributed by atoms with Crippen molar-refractivity contribution in [2.24, 2.45) is 11.8 Å². The van der Waals surface area contributed by atoms with E-state index < -0.39 is 97.5 Å². The summed E-state index contributed by atoms with van der Waals surface area (Å²) in [6.45, 7) is 9.61. The Morgan fingerprint density at radius 1 is 0.273 bits per heavy atom. The molecule has 0 aromatic carbocycles. The number of unbranched alkanes of at least 4 members (excludes halogenated alkanes) is 49. The Hall–Kier alpha value is -1.94. The first-order chi connectivity index (χ1) is 47.9. The second-order valence-electron chi connectivity index (χ2n) is 29.8. The van der Waals surface area contributed by atoms with Crippen LogP contribution >= 0.6 is 15.6 Å². The molecule has 5 atom stereocenters. The number of esters is 4. The Kier molecular flexibility index (Phi) is 70.3. The van der Waals surface area contributed by atoms with E-state index in [0.717, 1.165) is 115 Å². The number of ether oxygens (including phenoxy) is 4. The molecule has 588 valence electrons. The van der Waals surface area contributed by atoms with Gasteiger partial charge in [-0.25, -0.2) is 9.13 Å². The Balaban J connectivity index is 5.17. The fourth-order valence-corrected chi connectivity index (χ4v) is 13.9. The van der Waals surface area contributed by atoms with E-state index in [9.17, 15) is 43.2 Å². The summed E-state index contributed by atoms with van der Waals surface area (Å²) in [5.74, 6) is -0.543. The Labute approximate surface area is 607 Å². The lowest BCUT2D eigenvalue weighted by molar-refractivity contribution is -0.161. The van der Waals surface area contributed by atoms with Crippen molar-refractivity contribution in [3.8, 4) is 0 Å². The van der Waals surface area contributed by atoms with Gasteiger partial charge in [0, 0.05) is 25.7 Å². The molecule has 0 amide bonds. The largest absolute Gasteiger partial charge is 0.472 e.